The van der Waals surface area contributed by atoms with Gasteiger partial charge in [-0.2, -0.15) is 0 Å². The fraction of sp³-hybridized carbons (Fsp3) is 0.875. The quantitative estimate of drug-likeness (QED) is 0.259. The average Bonchev–Trinajstić information content (AvgIpc) is 2.11. The lowest BCUT2D eigenvalue weighted by atomic mass is 10.2. The van der Waals surface area contributed by atoms with E-state index < -0.39 is 14.6 Å². The molecule has 0 radical (unpaired) electrons. The summed E-state index contributed by atoms with van der Waals surface area (Å²) < 4.78 is 21.8. The van der Waals surface area contributed by atoms with Crippen molar-refractivity contribution in [1.29, 1.82) is 0 Å². The van der Waals surface area contributed by atoms with Gasteiger partial charge in [-0.15, -0.1) is 0 Å². The minimum absolute atomic E-state index is 0.0271. The molecule has 0 heterocycles. The van der Waals surface area contributed by atoms with Crippen molar-refractivity contribution >= 4 is 15.7 Å². The number of rotatable bonds is 5. The largest absolute Gasteiger partial charge is 0.409 e. The van der Waals surface area contributed by atoms with Crippen molar-refractivity contribution in [3.8, 4) is 0 Å². The predicted octanol–water partition coefficient (Wildman–Crippen LogP) is -0.466. The van der Waals surface area contributed by atoms with Gasteiger partial charge < -0.3 is 16.3 Å². The molecule has 0 aromatic heterocycles. The van der Waals surface area contributed by atoms with E-state index in [2.05, 4.69) is 10.5 Å². The van der Waals surface area contributed by atoms with Crippen LogP contribution in [-0.4, -0.2) is 43.1 Å². The molecule has 0 aliphatic rings. The number of nitrogens with two attached hydrogens (primary N) is 1. The summed E-state index contributed by atoms with van der Waals surface area (Å²) >= 11 is 0. The molecule has 15 heavy (non-hydrogen) atoms. The zero-order valence-electron chi connectivity index (χ0n) is 9.48. The van der Waals surface area contributed by atoms with Crippen molar-refractivity contribution in [2.24, 2.45) is 10.9 Å². The number of nitrogens with one attached hydrogen (secondary N) is 1. The Morgan fingerprint density at radius 3 is 2.40 bits per heavy atom. The van der Waals surface area contributed by atoms with Crippen molar-refractivity contribution in [3.05, 3.63) is 0 Å². The van der Waals surface area contributed by atoms with Gasteiger partial charge in [-0.3, -0.25) is 0 Å². The third-order valence-electron chi connectivity index (χ3n) is 2.40. The number of hydrogen-bond acceptors (Lipinski definition) is 5. The standard InChI is InChI=1S/C8H19N3O3S/c1-6(7(9)11-12)10-5-8(2,3)15(4,13)14/h6,10,12H,5H2,1-4H3,(H2,9,11). The molecular weight excluding hydrogens is 218 g/mol. The van der Waals surface area contributed by atoms with Gasteiger partial charge in [-0.1, -0.05) is 5.16 Å². The second-order valence-electron chi connectivity index (χ2n) is 4.16. The fourth-order valence-electron chi connectivity index (χ4n) is 0.721. The van der Waals surface area contributed by atoms with E-state index in [0.29, 0.717) is 0 Å². The number of hydrogen-bond donors (Lipinski definition) is 3. The summed E-state index contributed by atoms with van der Waals surface area (Å²) in [7, 11) is -3.14. The van der Waals surface area contributed by atoms with Gasteiger partial charge in [-0.25, -0.2) is 8.42 Å². The highest BCUT2D eigenvalue weighted by Gasteiger charge is 2.30. The van der Waals surface area contributed by atoms with Crippen LogP contribution >= 0.6 is 0 Å². The molecule has 7 heteroatoms. The third kappa shape index (κ3) is 4.05. The second-order valence-corrected chi connectivity index (χ2v) is 6.81. The van der Waals surface area contributed by atoms with E-state index in [-0.39, 0.29) is 18.4 Å². The van der Waals surface area contributed by atoms with E-state index in [4.69, 9.17) is 10.9 Å². The topological polar surface area (TPSA) is 105 Å². The molecule has 1 unspecified atom stereocenters. The molecule has 0 spiro atoms. The maximum Gasteiger partial charge on any atom is 0.156 e. The van der Waals surface area contributed by atoms with Crippen molar-refractivity contribution in [2.75, 3.05) is 12.8 Å². The van der Waals surface area contributed by atoms with Gasteiger partial charge in [0.25, 0.3) is 0 Å². The molecule has 0 aromatic rings. The van der Waals surface area contributed by atoms with E-state index in [9.17, 15) is 8.42 Å². The third-order valence-corrected chi connectivity index (χ3v) is 4.55. The van der Waals surface area contributed by atoms with Gasteiger partial charge in [0, 0.05) is 12.8 Å². The van der Waals surface area contributed by atoms with E-state index in [1.807, 2.05) is 0 Å². The predicted molar refractivity (Wildman–Crippen MR) is 59.8 cm³/mol. The zero-order valence-corrected chi connectivity index (χ0v) is 10.3. The maximum atomic E-state index is 11.4. The van der Waals surface area contributed by atoms with Crippen LogP contribution in [-0.2, 0) is 9.84 Å². The zero-order chi connectivity index (χ0) is 12.3. The highest BCUT2D eigenvalue weighted by molar-refractivity contribution is 7.92. The van der Waals surface area contributed by atoms with Crippen LogP contribution in [0, 0.1) is 0 Å². The summed E-state index contributed by atoms with van der Waals surface area (Å²) in [5.74, 6) is 0.0271. The number of nitrogens with zero attached hydrogens (tertiary/aromatic N) is 1. The summed E-state index contributed by atoms with van der Waals surface area (Å²) in [5, 5.41) is 14.1. The van der Waals surface area contributed by atoms with Crippen LogP contribution in [0.1, 0.15) is 20.8 Å². The lowest BCUT2D eigenvalue weighted by Gasteiger charge is -2.24. The molecule has 0 amide bonds. The van der Waals surface area contributed by atoms with Gasteiger partial charge in [0.2, 0.25) is 0 Å². The van der Waals surface area contributed by atoms with Crippen LogP contribution in [0.4, 0.5) is 0 Å². The molecule has 0 saturated heterocycles. The van der Waals surface area contributed by atoms with Crippen molar-refractivity contribution in [2.45, 2.75) is 31.6 Å². The van der Waals surface area contributed by atoms with Gasteiger partial charge in [-0.05, 0) is 20.8 Å². The number of amidine groups is 1. The maximum absolute atomic E-state index is 11.4. The minimum atomic E-state index is -3.14. The molecule has 0 fully saturated rings. The summed E-state index contributed by atoms with van der Waals surface area (Å²) in [4.78, 5) is 0. The Morgan fingerprint density at radius 2 is 2.07 bits per heavy atom. The Morgan fingerprint density at radius 1 is 1.60 bits per heavy atom. The van der Waals surface area contributed by atoms with Crippen LogP contribution in [0.3, 0.4) is 0 Å². The summed E-state index contributed by atoms with van der Waals surface area (Å²) in [6.45, 7) is 5.17. The van der Waals surface area contributed by atoms with Crippen LogP contribution in [0.2, 0.25) is 0 Å². The molecule has 90 valence electrons. The highest BCUT2D eigenvalue weighted by Crippen LogP contribution is 2.13. The Labute approximate surface area is 90.5 Å². The van der Waals surface area contributed by atoms with Crippen molar-refractivity contribution < 1.29 is 13.6 Å². The fourth-order valence-corrected chi connectivity index (χ4v) is 1.07. The van der Waals surface area contributed by atoms with Gasteiger partial charge >= 0.3 is 0 Å². The second kappa shape index (κ2) is 4.80. The van der Waals surface area contributed by atoms with Gasteiger partial charge in [0.05, 0.1) is 10.8 Å². The van der Waals surface area contributed by atoms with Crippen molar-refractivity contribution in [1.82, 2.24) is 5.32 Å². The molecule has 0 bridgehead atoms. The molecular formula is C8H19N3O3S. The number of sulfone groups is 1. The van der Waals surface area contributed by atoms with Gasteiger partial charge in [0.15, 0.2) is 15.7 Å². The Kier molecular flexibility index (Phi) is 4.54. The lowest BCUT2D eigenvalue weighted by molar-refractivity contribution is 0.315. The van der Waals surface area contributed by atoms with E-state index in [1.54, 1.807) is 20.8 Å². The minimum Gasteiger partial charge on any atom is -0.409 e. The Bertz CT molecular complexity index is 335. The summed E-state index contributed by atoms with van der Waals surface area (Å²) in [6, 6.07) is -0.365. The van der Waals surface area contributed by atoms with Gasteiger partial charge in [0.1, 0.15) is 0 Å². The van der Waals surface area contributed by atoms with E-state index in [1.165, 1.54) is 6.26 Å². The Balaban J connectivity index is 4.41. The number of oxime groups is 1. The normalized spacial score (nSPS) is 16.4. The summed E-state index contributed by atoms with van der Waals surface area (Å²) in [6.07, 6.45) is 1.18. The van der Waals surface area contributed by atoms with E-state index in [0.717, 1.165) is 0 Å². The molecule has 6 nitrogen and oxygen atoms in total. The first kappa shape index (κ1) is 14.2. The van der Waals surface area contributed by atoms with Crippen LogP contribution in [0.25, 0.3) is 0 Å². The molecule has 0 aliphatic carbocycles. The molecule has 0 aliphatic heterocycles. The first-order valence-electron chi connectivity index (χ1n) is 4.52. The highest BCUT2D eigenvalue weighted by atomic mass is 32.2. The summed E-state index contributed by atoms with van der Waals surface area (Å²) in [5.41, 5.74) is 5.34. The first-order valence-corrected chi connectivity index (χ1v) is 6.41. The molecule has 0 saturated carbocycles. The average molecular weight is 237 g/mol. The van der Waals surface area contributed by atoms with Crippen molar-refractivity contribution in [3.63, 3.8) is 0 Å². The SMILES string of the molecule is CC(NCC(C)(C)S(C)(=O)=O)C(N)=NO. The first-order chi connectivity index (χ1) is 6.62. The van der Waals surface area contributed by atoms with Crippen LogP contribution in [0.15, 0.2) is 5.16 Å². The van der Waals surface area contributed by atoms with Crippen LogP contribution < -0.4 is 11.1 Å². The lowest BCUT2D eigenvalue weighted by Crippen LogP contribution is -2.48. The molecule has 0 aromatic carbocycles. The molecule has 1 atom stereocenters. The Hall–Kier alpha value is -0.820. The molecule has 4 N–H and O–H groups in total. The molecule has 0 rings (SSSR count). The monoisotopic (exact) mass is 237 g/mol. The van der Waals surface area contributed by atoms with Crippen LogP contribution in [0.5, 0.6) is 0 Å². The van der Waals surface area contributed by atoms with E-state index >= 15 is 0 Å². The smallest absolute Gasteiger partial charge is 0.156 e.